The minimum absolute atomic E-state index is 0. The monoisotopic (exact) mass is 1850 g/mol. The van der Waals surface area contributed by atoms with Gasteiger partial charge in [-0.15, -0.1) is 0 Å². The molecule has 644 valence electrons. The summed E-state index contributed by atoms with van der Waals surface area (Å²) in [5, 5.41) is 19.4. The maximum atomic E-state index is 6.52. The summed E-state index contributed by atoms with van der Waals surface area (Å²) in [6, 6.07) is 151. The van der Waals surface area contributed by atoms with Crippen LogP contribution in [0.25, 0.3) is 144 Å². The summed E-state index contributed by atoms with van der Waals surface area (Å²) >= 11 is 9.63. The fourth-order valence-corrected chi connectivity index (χ4v) is 29.2. The largest absolute Gasteiger partial charge is 1.00 e. The summed E-state index contributed by atoms with van der Waals surface area (Å²) in [5.74, 6) is 0. The first-order valence-corrected chi connectivity index (χ1v) is 50.1. The van der Waals surface area contributed by atoms with Crippen LogP contribution >= 0.6 is 27.5 Å². The van der Waals surface area contributed by atoms with Gasteiger partial charge in [-0.2, -0.15) is 6.42 Å². The number of para-hydroxylation sites is 4. The average Bonchev–Trinajstić information content (AvgIpc) is 1.51. The third-order valence-electron chi connectivity index (χ3n) is 25.2. The molecule has 0 spiro atoms. The zero-order chi connectivity index (χ0) is 90.3. The molecule has 11 nitrogen and oxygen atoms in total. The Bertz CT molecular complexity index is 8140. The molecule has 135 heavy (non-hydrogen) atoms. The summed E-state index contributed by atoms with van der Waals surface area (Å²) < 4.78 is 23.5. The van der Waals surface area contributed by atoms with Crippen LogP contribution in [0.2, 0.25) is 5.02 Å². The Balaban J connectivity index is 0.000000113. The normalized spacial score (nSPS) is 11.5. The van der Waals surface area contributed by atoms with Crippen LogP contribution in [0.1, 0.15) is 30.9 Å². The predicted molar refractivity (Wildman–Crippen MR) is 563 cm³/mol. The van der Waals surface area contributed by atoms with E-state index in [4.69, 9.17) is 29.8 Å². The molecule has 0 saturated carbocycles. The molecule has 26 rings (SSSR count). The first-order valence-electron chi connectivity index (χ1n) is 45.0. The van der Waals surface area contributed by atoms with Gasteiger partial charge in [-0.05, 0) is 161 Å². The zero-order valence-electron chi connectivity index (χ0n) is 74.3. The van der Waals surface area contributed by atoms with Gasteiger partial charge in [0.2, 0.25) is 17.1 Å². The molecule has 0 saturated heterocycles. The molecule has 8 heterocycles. The molecule has 0 bridgehead atoms. The van der Waals surface area contributed by atoms with E-state index in [1.54, 1.807) is 37.2 Å². The van der Waals surface area contributed by atoms with Crippen molar-refractivity contribution in [1.82, 2.24) is 39.0 Å². The maximum absolute atomic E-state index is 6.52. The smallest absolute Gasteiger partial charge is 0.436 e. The van der Waals surface area contributed by atoms with Crippen molar-refractivity contribution in [3.05, 3.63) is 489 Å². The molecule has 0 aliphatic heterocycles. The Hall–Kier alpha value is -15.2. The number of furan rings is 3. The van der Waals surface area contributed by atoms with Gasteiger partial charge in [-0.1, -0.05) is 381 Å². The van der Waals surface area contributed by atoms with Crippen LogP contribution in [0.5, 0.6) is 0 Å². The number of nitrogens with zero attached hydrogens (tertiary/aromatic N) is 8. The van der Waals surface area contributed by atoms with E-state index < -0.39 is 16.1 Å². The SMILES string of the molecule is Brc1ccc2oc3nccnc3c2c1.Clc1ccc([Si](c2ccccc2)(c2ccccc2)c2ccccc2)cc1.[CH2-]CCC.[Li+].c1ccc([Si](c2ccccc2)(c2ccccc2)c2ccc(-c3cc(-n4c5ccccc5c5ccccc54)cc4c3oc3nccnc34)cc2)cc1.c1ccc2c(c1)Cc1ccccc1-2.c1ccc2c(c1)c1ccccc1n2-c1ccc2oc3nccnc3c2c1. The number of halogens is 2. The third kappa shape index (κ3) is 16.8. The van der Waals surface area contributed by atoms with E-state index in [9.17, 15) is 0 Å². The van der Waals surface area contributed by atoms with E-state index in [-0.39, 0.29) is 18.9 Å². The van der Waals surface area contributed by atoms with Crippen molar-refractivity contribution in [3.63, 3.8) is 0 Å². The van der Waals surface area contributed by atoms with Crippen molar-refractivity contribution < 1.29 is 32.1 Å². The van der Waals surface area contributed by atoms with Crippen molar-refractivity contribution in [2.24, 2.45) is 0 Å². The van der Waals surface area contributed by atoms with E-state index in [2.05, 4.69) is 452 Å². The summed E-state index contributed by atoms with van der Waals surface area (Å²) in [6.07, 6.45) is 13.4. The van der Waals surface area contributed by atoms with Gasteiger partial charge in [0, 0.05) is 90.5 Å². The Labute approximate surface area is 809 Å². The Morgan fingerprint density at radius 3 is 1.01 bits per heavy atom. The van der Waals surface area contributed by atoms with Crippen LogP contribution < -0.4 is 60.4 Å². The number of unbranched alkanes of at least 4 members (excludes halogenated alkanes) is 1. The second-order valence-corrected chi connectivity index (χ2v) is 42.0. The first kappa shape index (κ1) is 87.7. The zero-order valence-corrected chi connectivity index (χ0v) is 78.6. The van der Waals surface area contributed by atoms with Gasteiger partial charge in [0.05, 0.1) is 32.8 Å². The van der Waals surface area contributed by atoms with E-state index in [1.807, 2.05) is 36.4 Å². The average molecular weight is 1860 g/mol. The van der Waals surface area contributed by atoms with E-state index in [0.29, 0.717) is 17.1 Å². The number of hydrogen-bond acceptors (Lipinski definition) is 9. The molecule has 17 aromatic carbocycles. The molecule has 0 N–H and O–H groups in total. The summed E-state index contributed by atoms with van der Waals surface area (Å²) in [5.41, 5.74) is 21.1. The van der Waals surface area contributed by atoms with Crippen molar-refractivity contribution in [2.75, 3.05) is 0 Å². The van der Waals surface area contributed by atoms with E-state index >= 15 is 0 Å². The molecule has 0 fully saturated rings. The molecular weight excluding hydrogens is 1770 g/mol. The Kier molecular flexibility index (Phi) is 25.5. The fourth-order valence-electron chi connectivity index (χ4n) is 19.2. The predicted octanol–water partition coefficient (Wildman–Crippen LogP) is 22.7. The van der Waals surface area contributed by atoms with Gasteiger partial charge in [0.1, 0.15) is 33.3 Å². The van der Waals surface area contributed by atoms with Gasteiger partial charge >= 0.3 is 18.9 Å². The van der Waals surface area contributed by atoms with Gasteiger partial charge in [-0.3, -0.25) is 0 Å². The van der Waals surface area contributed by atoms with Crippen LogP contribution in [0.4, 0.5) is 0 Å². The molecule has 0 atom stereocenters. The van der Waals surface area contributed by atoms with Crippen molar-refractivity contribution in [2.45, 2.75) is 26.2 Å². The molecule has 8 aromatic heterocycles. The third-order valence-corrected chi connectivity index (χ3v) is 35.6. The molecule has 16 heteroatoms. The van der Waals surface area contributed by atoms with Crippen LogP contribution in [-0.2, 0) is 6.42 Å². The number of hydrogen-bond donors (Lipinski definition) is 0. The van der Waals surface area contributed by atoms with Crippen LogP contribution in [-0.4, -0.2) is 55.2 Å². The molecular formula is C119H87BrClLiN8O3Si2. The summed E-state index contributed by atoms with van der Waals surface area (Å²) in [7, 11) is -5.05. The van der Waals surface area contributed by atoms with Crippen LogP contribution in [0.15, 0.2) is 480 Å². The van der Waals surface area contributed by atoms with Gasteiger partial charge in [-0.25, -0.2) is 29.9 Å². The van der Waals surface area contributed by atoms with Gasteiger partial charge in [0.25, 0.3) is 0 Å². The number of rotatable bonds is 12. The molecule has 0 radical (unpaired) electrons. The van der Waals surface area contributed by atoms with E-state index in [0.717, 1.165) is 105 Å². The van der Waals surface area contributed by atoms with E-state index in [1.165, 1.54) is 103 Å². The molecule has 0 amide bonds. The van der Waals surface area contributed by atoms with Gasteiger partial charge < -0.3 is 29.3 Å². The standard InChI is InChI=1S/C46H31N3OSi.C24H19ClSi.C22H13N3O.C13H10.C10H5BrN2O.C4H9.Li/c1-4-14-34(15-5-1)51(35-16-6-2-7-17-35,36-18-8-3-9-19-36)37-26-24-32(25-27-37)40-30-33(31-41-44-46(50-45(40)41)48-29-28-47-44)49-42-22-12-10-20-38(42)39-21-11-13-23-43(39)49;25-20-16-18-24(19-17-20)26(21-10-4-1-5-11-21,22-12-6-2-7-13-22)23-14-8-3-9-15-23;1-3-7-18-15(5-1)16-6-2-4-8-19(16)25(18)14-9-10-20-17(13-14)21-22(26-20)24-12-11-23-21;1-3-7-12-10(5-1)9-11-6-2-4-8-13(11)12;11-6-1-2-8-7(5-6)9-10(14-8)13-4-3-12-9;1-3-4-2;/h1-31H;1-19H;1-13H;1-8H,9H2;1-5H;1,3-4H2,2H3;/q;;;;;-1;+1. The fraction of sp³-hybridized carbons (Fsp3) is 0.0336. The van der Waals surface area contributed by atoms with Crippen molar-refractivity contribution >= 4 is 195 Å². The summed E-state index contributed by atoms with van der Waals surface area (Å²) in [4.78, 5) is 26.4. The molecule has 0 unspecified atom stereocenters. The molecule has 1 aliphatic carbocycles. The minimum Gasteiger partial charge on any atom is -0.436 e. The Morgan fingerprint density at radius 2 is 0.615 bits per heavy atom. The number of aromatic nitrogens is 8. The summed E-state index contributed by atoms with van der Waals surface area (Å²) in [6.45, 7) is 5.72. The molecule has 25 aromatic rings. The van der Waals surface area contributed by atoms with Crippen molar-refractivity contribution in [3.8, 4) is 33.6 Å². The second kappa shape index (κ2) is 39.3. The number of benzene rings is 17. The topological polar surface area (TPSA) is 127 Å². The quantitative estimate of drug-likeness (QED) is 0.0667. The van der Waals surface area contributed by atoms with Crippen LogP contribution in [0.3, 0.4) is 0 Å². The van der Waals surface area contributed by atoms with Crippen LogP contribution in [0, 0.1) is 6.92 Å². The van der Waals surface area contributed by atoms with Gasteiger partial charge in [0.15, 0.2) is 16.1 Å². The minimum atomic E-state index is -2.67. The second-order valence-electron chi connectivity index (χ2n) is 33.0. The first-order chi connectivity index (χ1) is 66.2. The maximum Gasteiger partial charge on any atom is 1.00 e. The molecule has 1 aliphatic rings. The Morgan fingerprint density at radius 1 is 0.304 bits per heavy atom. The van der Waals surface area contributed by atoms with Crippen molar-refractivity contribution in [1.29, 1.82) is 0 Å². The number of fused-ring (bicyclic) bond motifs is 18.